The van der Waals surface area contributed by atoms with Gasteiger partial charge in [0, 0.05) is 29.2 Å². The van der Waals surface area contributed by atoms with Crippen molar-refractivity contribution < 1.29 is 23.2 Å². The van der Waals surface area contributed by atoms with Crippen LogP contribution in [0, 0.1) is 11.6 Å². The van der Waals surface area contributed by atoms with Crippen molar-refractivity contribution in [3.8, 4) is 0 Å². The molecule has 0 spiro atoms. The van der Waals surface area contributed by atoms with E-state index in [4.69, 9.17) is 11.6 Å². The number of aromatic nitrogens is 3. The fraction of sp³-hybridized carbons (Fsp3) is 0.130. The molecule has 12 heteroatoms. The number of anilines is 1. The summed E-state index contributed by atoms with van der Waals surface area (Å²) in [4.78, 5) is 42.5. The van der Waals surface area contributed by atoms with E-state index in [0.717, 1.165) is 6.07 Å². The Morgan fingerprint density at radius 2 is 1.89 bits per heavy atom. The predicted molar refractivity (Wildman–Crippen MR) is 123 cm³/mol. The molecule has 1 aliphatic heterocycles. The zero-order valence-electron chi connectivity index (χ0n) is 18.1. The van der Waals surface area contributed by atoms with Gasteiger partial charge in [-0.3, -0.25) is 19.5 Å². The van der Waals surface area contributed by atoms with Gasteiger partial charge >= 0.3 is 6.03 Å². The van der Waals surface area contributed by atoms with E-state index in [2.05, 4.69) is 20.9 Å². The van der Waals surface area contributed by atoms with E-state index in [9.17, 15) is 23.2 Å². The molecule has 3 heterocycles. The van der Waals surface area contributed by atoms with E-state index < -0.39 is 35.5 Å². The molecule has 0 bridgehead atoms. The summed E-state index contributed by atoms with van der Waals surface area (Å²) in [6, 6.07) is 7.58. The fourth-order valence-electron chi connectivity index (χ4n) is 4.13. The van der Waals surface area contributed by atoms with Crippen molar-refractivity contribution in [1.29, 1.82) is 0 Å². The van der Waals surface area contributed by atoms with Crippen molar-refractivity contribution in [2.24, 2.45) is 0 Å². The maximum atomic E-state index is 14.1. The third kappa shape index (κ3) is 3.89. The molecule has 9 nitrogen and oxygen atoms in total. The molecular formula is C23H17ClF2N6O3. The first kappa shape index (κ1) is 22.5. The van der Waals surface area contributed by atoms with E-state index in [1.807, 2.05) is 0 Å². The molecule has 3 N–H and O–H groups in total. The summed E-state index contributed by atoms with van der Waals surface area (Å²) in [5, 5.41) is 8.52. The number of rotatable bonds is 3. The van der Waals surface area contributed by atoms with Crippen molar-refractivity contribution >= 4 is 46.2 Å². The molecule has 0 radical (unpaired) electrons. The van der Waals surface area contributed by atoms with Crippen LogP contribution in [-0.2, 0) is 11.3 Å². The summed E-state index contributed by atoms with van der Waals surface area (Å²) in [6.07, 6.45) is 1.46. The van der Waals surface area contributed by atoms with Gasteiger partial charge in [0.1, 0.15) is 18.2 Å². The molecule has 2 aromatic carbocycles. The number of hydrogen-bond acceptors (Lipinski definition) is 4. The van der Waals surface area contributed by atoms with Gasteiger partial charge in [0.15, 0.2) is 5.82 Å². The lowest BCUT2D eigenvalue weighted by atomic mass is 10.0. The van der Waals surface area contributed by atoms with E-state index in [1.54, 1.807) is 6.07 Å². The second-order valence-corrected chi connectivity index (χ2v) is 8.23. The molecule has 4 aromatic rings. The summed E-state index contributed by atoms with van der Waals surface area (Å²) < 4.78 is 30.2. The minimum Gasteiger partial charge on any atom is -0.352 e. The monoisotopic (exact) mass is 498 g/mol. The quantitative estimate of drug-likeness (QED) is 0.402. The lowest BCUT2D eigenvalue weighted by Crippen LogP contribution is -2.41. The molecule has 1 aliphatic rings. The van der Waals surface area contributed by atoms with Gasteiger partial charge in [-0.2, -0.15) is 0 Å². The molecule has 0 fully saturated rings. The van der Waals surface area contributed by atoms with E-state index in [-0.39, 0.29) is 34.5 Å². The zero-order valence-corrected chi connectivity index (χ0v) is 18.9. The van der Waals surface area contributed by atoms with Crippen molar-refractivity contribution in [2.45, 2.75) is 12.6 Å². The molecular weight excluding hydrogens is 482 g/mol. The van der Waals surface area contributed by atoms with E-state index in [1.165, 1.54) is 52.7 Å². The summed E-state index contributed by atoms with van der Waals surface area (Å²) in [5.41, 5.74) is 0.912. The Balaban J connectivity index is 1.63. The molecule has 1 atom stereocenters. The lowest BCUT2D eigenvalue weighted by molar-refractivity contribution is -0.123. The van der Waals surface area contributed by atoms with Gasteiger partial charge in [-0.15, -0.1) is 0 Å². The van der Waals surface area contributed by atoms with Crippen LogP contribution >= 0.6 is 11.6 Å². The third-order valence-corrected chi connectivity index (χ3v) is 6.03. The van der Waals surface area contributed by atoms with Crippen LogP contribution in [0.3, 0.4) is 0 Å². The van der Waals surface area contributed by atoms with Crippen LogP contribution in [-0.4, -0.2) is 39.0 Å². The van der Waals surface area contributed by atoms with Gasteiger partial charge in [0.2, 0.25) is 11.7 Å². The Bertz CT molecular complexity index is 1530. The minimum atomic E-state index is -1.00. The normalized spacial score (nSPS) is 15.0. The topological polar surface area (TPSA) is 110 Å². The highest BCUT2D eigenvalue weighted by Crippen LogP contribution is 2.36. The molecule has 178 valence electrons. The van der Waals surface area contributed by atoms with Crippen LogP contribution in [0.4, 0.5) is 19.4 Å². The minimum absolute atomic E-state index is 0.0251. The molecule has 0 unspecified atom stereocenters. The number of halogens is 3. The van der Waals surface area contributed by atoms with Gasteiger partial charge in [-0.25, -0.2) is 18.6 Å². The fourth-order valence-corrected chi connectivity index (χ4v) is 4.35. The van der Waals surface area contributed by atoms with Crippen molar-refractivity contribution in [1.82, 2.24) is 24.8 Å². The highest BCUT2D eigenvalue weighted by atomic mass is 35.5. The Labute approximate surface area is 201 Å². The standard InChI is InChI=1S/C23H17ClF2N6O3/c1-27-22(34)21-29-20(30-23(35)31-7-6-11-8-12(25)3-5-16(11)31)19-18(28-17(33)10-32(19)21)14-9-13(26)2-4-15(14)24/h2-9,18H,10H2,1H3,(H,27,34)(H,28,33)(H,30,35)/t18-/m0/s1. The highest BCUT2D eigenvalue weighted by Gasteiger charge is 2.36. The zero-order chi connectivity index (χ0) is 24.9. The van der Waals surface area contributed by atoms with Crippen LogP contribution in [0.15, 0.2) is 48.7 Å². The molecule has 5 rings (SSSR count). The number of imidazole rings is 1. The summed E-state index contributed by atoms with van der Waals surface area (Å²) in [6.45, 7) is -0.254. The van der Waals surface area contributed by atoms with Gasteiger partial charge in [0.25, 0.3) is 5.91 Å². The molecule has 35 heavy (non-hydrogen) atoms. The smallest absolute Gasteiger partial charge is 0.331 e. The van der Waals surface area contributed by atoms with Gasteiger partial charge in [-0.1, -0.05) is 11.6 Å². The number of carbonyl (C=O) groups excluding carboxylic acids is 3. The largest absolute Gasteiger partial charge is 0.352 e. The van der Waals surface area contributed by atoms with Crippen molar-refractivity contribution in [2.75, 3.05) is 12.4 Å². The Morgan fingerprint density at radius 3 is 2.66 bits per heavy atom. The van der Waals surface area contributed by atoms with E-state index >= 15 is 0 Å². The maximum absolute atomic E-state index is 14.1. The van der Waals surface area contributed by atoms with Crippen LogP contribution in [0.25, 0.3) is 10.9 Å². The van der Waals surface area contributed by atoms with Crippen LogP contribution in [0.1, 0.15) is 27.9 Å². The number of hydrogen-bond donors (Lipinski definition) is 3. The molecule has 3 amide bonds. The van der Waals surface area contributed by atoms with E-state index in [0.29, 0.717) is 10.9 Å². The van der Waals surface area contributed by atoms with Gasteiger partial charge in [0.05, 0.1) is 17.3 Å². The molecule has 2 aromatic heterocycles. The number of benzene rings is 2. The Kier molecular flexibility index (Phi) is 5.48. The van der Waals surface area contributed by atoms with Crippen LogP contribution in [0.5, 0.6) is 0 Å². The average Bonchev–Trinajstić information content (AvgIpc) is 3.40. The van der Waals surface area contributed by atoms with Crippen molar-refractivity contribution in [3.05, 3.63) is 82.4 Å². The maximum Gasteiger partial charge on any atom is 0.331 e. The van der Waals surface area contributed by atoms with Crippen molar-refractivity contribution in [3.63, 3.8) is 0 Å². The first-order chi connectivity index (χ1) is 16.8. The Hall–Kier alpha value is -4.25. The molecule has 0 saturated carbocycles. The molecule has 0 aliphatic carbocycles. The predicted octanol–water partition coefficient (Wildman–Crippen LogP) is 3.43. The number of nitrogens with zero attached hydrogens (tertiary/aromatic N) is 3. The highest BCUT2D eigenvalue weighted by molar-refractivity contribution is 6.31. The number of fused-ring (bicyclic) bond motifs is 2. The summed E-state index contributed by atoms with van der Waals surface area (Å²) >= 11 is 6.31. The number of carbonyl (C=O) groups is 3. The average molecular weight is 499 g/mol. The number of nitrogens with one attached hydrogen (secondary N) is 3. The first-order valence-corrected chi connectivity index (χ1v) is 10.8. The second-order valence-electron chi connectivity index (χ2n) is 7.82. The molecule has 0 saturated heterocycles. The first-order valence-electron chi connectivity index (χ1n) is 10.4. The Morgan fingerprint density at radius 1 is 1.14 bits per heavy atom. The van der Waals surface area contributed by atoms with Gasteiger partial charge in [-0.05, 0) is 42.5 Å². The third-order valence-electron chi connectivity index (χ3n) is 5.68. The summed E-state index contributed by atoms with van der Waals surface area (Å²) in [7, 11) is 1.40. The lowest BCUT2D eigenvalue weighted by Gasteiger charge is -2.28. The van der Waals surface area contributed by atoms with Crippen LogP contribution in [0.2, 0.25) is 5.02 Å². The van der Waals surface area contributed by atoms with Gasteiger partial charge < -0.3 is 15.2 Å². The summed E-state index contributed by atoms with van der Waals surface area (Å²) in [5.74, 6) is -2.22. The number of amides is 3. The SMILES string of the molecule is CNC(=O)c1nc(NC(=O)n2ccc3cc(F)ccc32)c2n1CC(=O)N[C@H]2c1cc(F)ccc1Cl. The van der Waals surface area contributed by atoms with Crippen LogP contribution < -0.4 is 16.0 Å². The second kappa shape index (κ2) is 8.51.